The summed E-state index contributed by atoms with van der Waals surface area (Å²) in [5.74, 6) is -1.93. The Hall–Kier alpha value is -3.82. The Morgan fingerprint density at radius 1 is 1.00 bits per heavy atom. The van der Waals surface area contributed by atoms with Crippen LogP contribution in [0.15, 0.2) is 77.2 Å². The highest BCUT2D eigenvalue weighted by atomic mass is 35.5. The first-order chi connectivity index (χ1) is 18.0. The van der Waals surface area contributed by atoms with Crippen LogP contribution in [0.3, 0.4) is 0 Å². The van der Waals surface area contributed by atoms with Gasteiger partial charge in [-0.2, -0.15) is 13.2 Å². The molecule has 1 N–H and O–H groups in total. The first-order valence-electron chi connectivity index (χ1n) is 11.6. The van der Waals surface area contributed by atoms with Crippen molar-refractivity contribution < 1.29 is 36.7 Å². The second-order valence-corrected chi connectivity index (χ2v) is 9.05. The number of amides is 1. The number of para-hydroxylation sites is 1. The monoisotopic (exact) mass is 545 g/mol. The Labute approximate surface area is 221 Å². The van der Waals surface area contributed by atoms with Gasteiger partial charge < -0.3 is 19.2 Å². The highest BCUT2D eigenvalue weighted by Gasteiger charge is 2.34. The molecule has 0 saturated carbocycles. The lowest BCUT2D eigenvalue weighted by molar-refractivity contribution is -0.137. The van der Waals surface area contributed by atoms with Gasteiger partial charge in [-0.1, -0.05) is 60.1 Å². The summed E-state index contributed by atoms with van der Waals surface area (Å²) < 4.78 is 57.0. The molecule has 0 radical (unpaired) electrons. The summed E-state index contributed by atoms with van der Waals surface area (Å²) in [6.07, 6.45) is -6.35. The third-order valence-corrected chi connectivity index (χ3v) is 5.88. The minimum absolute atomic E-state index is 0.0618. The highest BCUT2D eigenvalue weighted by Crippen LogP contribution is 2.36. The predicted molar refractivity (Wildman–Crippen MR) is 136 cm³/mol. The van der Waals surface area contributed by atoms with Crippen molar-refractivity contribution in [3.05, 3.63) is 100 Å². The van der Waals surface area contributed by atoms with Crippen LogP contribution < -0.4 is 5.32 Å². The van der Waals surface area contributed by atoms with Crippen LogP contribution in [0.1, 0.15) is 47.2 Å². The van der Waals surface area contributed by atoms with E-state index >= 15 is 0 Å². The number of ether oxygens (including phenoxy) is 2. The first kappa shape index (κ1) is 27.2. The van der Waals surface area contributed by atoms with Gasteiger partial charge >= 0.3 is 12.1 Å². The number of esters is 1. The fourth-order valence-electron chi connectivity index (χ4n) is 3.75. The number of furan rings is 1. The molecular weight excluding hydrogens is 523 g/mol. The molecular formula is C28H23ClF3NO5. The Balaban J connectivity index is 1.66. The van der Waals surface area contributed by atoms with E-state index in [-0.39, 0.29) is 24.2 Å². The quantitative estimate of drug-likeness (QED) is 0.231. The number of fused-ring (bicyclic) bond motifs is 1. The Morgan fingerprint density at radius 2 is 1.68 bits per heavy atom. The van der Waals surface area contributed by atoms with Gasteiger partial charge in [0.05, 0.1) is 23.3 Å². The maximum absolute atomic E-state index is 13.3. The standard InChI is InChI=1S/C28H23ClF3NO5/c1-16(2)36-15-20-19-10-6-7-11-23(19)37-25(20)27(35)38-24(17-8-4-3-5-9-17)26(34)33-18-12-13-22(29)21(14-18)28(30,31)32/h3-14,16,24H,15H2,1-2H3,(H,33,34)/t24-/m1/s1. The minimum atomic E-state index is -4.72. The first-order valence-corrected chi connectivity index (χ1v) is 12.0. The number of carbonyl (C=O) groups is 2. The molecule has 3 aromatic carbocycles. The van der Waals surface area contributed by atoms with Crippen molar-refractivity contribution in [2.45, 2.75) is 38.8 Å². The van der Waals surface area contributed by atoms with Crippen LogP contribution in [-0.4, -0.2) is 18.0 Å². The number of hydrogen-bond donors (Lipinski definition) is 1. The van der Waals surface area contributed by atoms with Crippen molar-refractivity contribution in [1.82, 2.24) is 0 Å². The van der Waals surface area contributed by atoms with Gasteiger partial charge in [0.15, 0.2) is 0 Å². The highest BCUT2D eigenvalue weighted by molar-refractivity contribution is 6.31. The van der Waals surface area contributed by atoms with Gasteiger partial charge in [-0.25, -0.2) is 4.79 Å². The van der Waals surface area contributed by atoms with Gasteiger partial charge in [-0.3, -0.25) is 4.79 Å². The van der Waals surface area contributed by atoms with Crippen LogP contribution in [0.5, 0.6) is 0 Å². The maximum atomic E-state index is 13.3. The number of nitrogens with one attached hydrogen (secondary N) is 1. The fourth-order valence-corrected chi connectivity index (χ4v) is 3.97. The van der Waals surface area contributed by atoms with E-state index in [1.165, 1.54) is 6.07 Å². The van der Waals surface area contributed by atoms with Crippen LogP contribution in [0.2, 0.25) is 5.02 Å². The van der Waals surface area contributed by atoms with Crippen LogP contribution in [-0.2, 0) is 27.1 Å². The van der Waals surface area contributed by atoms with Crippen LogP contribution >= 0.6 is 11.6 Å². The van der Waals surface area contributed by atoms with E-state index in [4.69, 9.17) is 25.5 Å². The molecule has 0 aliphatic heterocycles. The van der Waals surface area contributed by atoms with Crippen molar-refractivity contribution >= 4 is 40.1 Å². The van der Waals surface area contributed by atoms with Crippen LogP contribution in [0, 0.1) is 0 Å². The van der Waals surface area contributed by atoms with E-state index in [1.807, 2.05) is 13.8 Å². The number of rotatable bonds is 8. The number of carbonyl (C=O) groups excluding carboxylic acids is 2. The van der Waals surface area contributed by atoms with Crippen molar-refractivity contribution in [2.24, 2.45) is 0 Å². The van der Waals surface area contributed by atoms with Gasteiger partial charge in [0.25, 0.3) is 5.91 Å². The van der Waals surface area contributed by atoms with E-state index < -0.39 is 34.7 Å². The van der Waals surface area contributed by atoms with E-state index in [0.29, 0.717) is 28.2 Å². The molecule has 0 bridgehead atoms. The molecule has 4 rings (SSSR count). The van der Waals surface area contributed by atoms with Gasteiger partial charge in [-0.15, -0.1) is 0 Å². The summed E-state index contributed by atoms with van der Waals surface area (Å²) in [4.78, 5) is 26.6. The SMILES string of the molecule is CC(C)OCc1c(C(=O)O[C@@H](C(=O)Nc2ccc(Cl)c(C(F)(F)F)c2)c2ccccc2)oc2ccccc12. The van der Waals surface area contributed by atoms with Crippen molar-refractivity contribution in [3.8, 4) is 0 Å². The number of hydrogen-bond acceptors (Lipinski definition) is 5. The predicted octanol–water partition coefficient (Wildman–Crippen LogP) is 7.57. The Bertz CT molecular complexity index is 1450. The maximum Gasteiger partial charge on any atom is 0.417 e. The number of anilines is 1. The van der Waals surface area contributed by atoms with Crippen LogP contribution in [0.4, 0.5) is 18.9 Å². The molecule has 4 aromatic rings. The molecule has 198 valence electrons. The molecule has 6 nitrogen and oxygen atoms in total. The number of halogens is 4. The zero-order valence-corrected chi connectivity index (χ0v) is 21.1. The van der Waals surface area contributed by atoms with Gasteiger partial charge in [0.2, 0.25) is 11.9 Å². The molecule has 0 aliphatic rings. The molecule has 0 spiro atoms. The average molecular weight is 546 g/mol. The van der Waals surface area contributed by atoms with E-state index in [1.54, 1.807) is 54.6 Å². The largest absolute Gasteiger partial charge is 0.449 e. The number of alkyl halides is 3. The normalized spacial score (nSPS) is 12.5. The Kier molecular flexibility index (Phi) is 8.08. The average Bonchev–Trinajstić information content (AvgIpc) is 3.25. The lowest BCUT2D eigenvalue weighted by atomic mass is 10.1. The third-order valence-electron chi connectivity index (χ3n) is 5.55. The molecule has 0 unspecified atom stereocenters. The zero-order chi connectivity index (χ0) is 27.4. The molecule has 0 fully saturated rings. The molecule has 0 aliphatic carbocycles. The second-order valence-electron chi connectivity index (χ2n) is 8.64. The molecule has 1 heterocycles. The molecule has 38 heavy (non-hydrogen) atoms. The molecule has 1 atom stereocenters. The summed E-state index contributed by atoms with van der Waals surface area (Å²) in [6, 6.07) is 18.0. The summed E-state index contributed by atoms with van der Waals surface area (Å²) in [5.41, 5.74) is -0.0809. The molecule has 1 amide bonds. The summed E-state index contributed by atoms with van der Waals surface area (Å²) in [6.45, 7) is 3.75. The fraction of sp³-hybridized carbons (Fsp3) is 0.214. The zero-order valence-electron chi connectivity index (χ0n) is 20.3. The minimum Gasteiger partial charge on any atom is -0.449 e. The number of benzene rings is 3. The van der Waals surface area contributed by atoms with Crippen LogP contribution in [0.25, 0.3) is 11.0 Å². The topological polar surface area (TPSA) is 77.8 Å². The molecule has 10 heteroatoms. The lowest BCUT2D eigenvalue weighted by Crippen LogP contribution is -2.26. The third kappa shape index (κ3) is 6.17. The smallest absolute Gasteiger partial charge is 0.417 e. The van der Waals surface area contributed by atoms with E-state index in [9.17, 15) is 22.8 Å². The van der Waals surface area contributed by atoms with Gasteiger partial charge in [0.1, 0.15) is 5.58 Å². The lowest BCUT2D eigenvalue weighted by Gasteiger charge is -2.19. The van der Waals surface area contributed by atoms with E-state index in [0.717, 1.165) is 6.07 Å². The van der Waals surface area contributed by atoms with Crippen molar-refractivity contribution in [1.29, 1.82) is 0 Å². The Morgan fingerprint density at radius 3 is 2.37 bits per heavy atom. The summed E-state index contributed by atoms with van der Waals surface area (Å²) in [7, 11) is 0. The molecule has 0 saturated heterocycles. The summed E-state index contributed by atoms with van der Waals surface area (Å²) in [5, 5.41) is 2.53. The van der Waals surface area contributed by atoms with E-state index in [2.05, 4.69) is 5.32 Å². The van der Waals surface area contributed by atoms with Gasteiger partial charge in [0, 0.05) is 22.2 Å². The summed E-state index contributed by atoms with van der Waals surface area (Å²) >= 11 is 5.68. The molecule has 1 aromatic heterocycles. The second kappa shape index (κ2) is 11.3. The van der Waals surface area contributed by atoms with Gasteiger partial charge in [-0.05, 0) is 38.1 Å². The van der Waals surface area contributed by atoms with Crippen molar-refractivity contribution in [3.63, 3.8) is 0 Å². The van der Waals surface area contributed by atoms with Crippen molar-refractivity contribution in [2.75, 3.05) is 5.32 Å².